The summed E-state index contributed by atoms with van der Waals surface area (Å²) in [5.74, 6) is 1.60. The molecule has 0 fully saturated rings. The van der Waals surface area contributed by atoms with Crippen molar-refractivity contribution >= 4 is 0 Å². The van der Waals surface area contributed by atoms with Crippen LogP contribution in [0.4, 0.5) is 0 Å². The molecule has 0 radical (unpaired) electrons. The van der Waals surface area contributed by atoms with Crippen LogP contribution in [0.3, 0.4) is 0 Å². The van der Waals surface area contributed by atoms with Gasteiger partial charge in [-0.05, 0) is 26.0 Å². The molecule has 5 nitrogen and oxygen atoms in total. The summed E-state index contributed by atoms with van der Waals surface area (Å²) in [6.07, 6.45) is 0.969. The number of rotatable bonds is 12. The van der Waals surface area contributed by atoms with Crippen molar-refractivity contribution in [1.29, 1.82) is 0 Å². The van der Waals surface area contributed by atoms with Gasteiger partial charge in [0.15, 0.2) is 11.5 Å². The van der Waals surface area contributed by atoms with Crippen LogP contribution in [0.15, 0.2) is 18.2 Å². The molecule has 0 atom stereocenters. The second kappa shape index (κ2) is 11.4. The minimum atomic E-state index is 0.631. The van der Waals surface area contributed by atoms with E-state index in [9.17, 15) is 0 Å². The van der Waals surface area contributed by atoms with E-state index in [0.717, 1.165) is 43.2 Å². The third kappa shape index (κ3) is 6.80. The van der Waals surface area contributed by atoms with Crippen molar-refractivity contribution in [3.63, 3.8) is 0 Å². The minimum absolute atomic E-state index is 0.631. The maximum absolute atomic E-state index is 5.57. The lowest BCUT2D eigenvalue weighted by Gasteiger charge is -2.14. The third-order valence-electron chi connectivity index (χ3n) is 2.95. The van der Waals surface area contributed by atoms with Crippen LogP contribution >= 0.6 is 0 Å². The molecule has 0 aliphatic rings. The van der Waals surface area contributed by atoms with Crippen molar-refractivity contribution in [1.82, 2.24) is 5.32 Å². The molecular weight excluding hydrogens is 270 g/mol. The summed E-state index contributed by atoms with van der Waals surface area (Å²) >= 11 is 0. The van der Waals surface area contributed by atoms with Gasteiger partial charge in [-0.2, -0.15) is 0 Å². The lowest BCUT2D eigenvalue weighted by atomic mass is 10.2. The highest BCUT2D eigenvalue weighted by atomic mass is 16.5. The molecule has 1 aromatic rings. The SMILES string of the molecule is CCOc1cccc(CNCCCOCCOC)c1OC. The third-order valence-corrected chi connectivity index (χ3v) is 2.95. The second-order valence-electron chi connectivity index (χ2n) is 4.52. The summed E-state index contributed by atoms with van der Waals surface area (Å²) in [6.45, 7) is 6.29. The van der Waals surface area contributed by atoms with Crippen LogP contribution in [0.1, 0.15) is 18.9 Å². The van der Waals surface area contributed by atoms with Crippen molar-refractivity contribution in [2.24, 2.45) is 0 Å². The van der Waals surface area contributed by atoms with Crippen LogP contribution in [-0.2, 0) is 16.0 Å². The van der Waals surface area contributed by atoms with Gasteiger partial charge in [0.25, 0.3) is 0 Å². The molecule has 0 aromatic heterocycles. The maximum Gasteiger partial charge on any atom is 0.165 e. The second-order valence-corrected chi connectivity index (χ2v) is 4.52. The maximum atomic E-state index is 5.57. The van der Waals surface area contributed by atoms with Crippen molar-refractivity contribution < 1.29 is 18.9 Å². The fraction of sp³-hybridized carbons (Fsp3) is 0.625. The van der Waals surface area contributed by atoms with E-state index in [1.165, 1.54) is 0 Å². The summed E-state index contributed by atoms with van der Waals surface area (Å²) in [5.41, 5.74) is 1.10. The number of ether oxygens (including phenoxy) is 4. The van der Waals surface area contributed by atoms with E-state index in [1.54, 1.807) is 14.2 Å². The molecule has 0 heterocycles. The van der Waals surface area contributed by atoms with Crippen LogP contribution in [0, 0.1) is 0 Å². The zero-order valence-electron chi connectivity index (χ0n) is 13.3. The fourth-order valence-corrected chi connectivity index (χ4v) is 1.97. The minimum Gasteiger partial charge on any atom is -0.493 e. The van der Waals surface area contributed by atoms with Gasteiger partial charge >= 0.3 is 0 Å². The number of benzene rings is 1. The highest BCUT2D eigenvalue weighted by Gasteiger charge is 2.09. The Morgan fingerprint density at radius 1 is 1.10 bits per heavy atom. The Morgan fingerprint density at radius 3 is 2.67 bits per heavy atom. The molecule has 0 unspecified atom stereocenters. The Bertz CT molecular complexity index is 385. The van der Waals surface area contributed by atoms with E-state index in [0.29, 0.717) is 19.8 Å². The van der Waals surface area contributed by atoms with E-state index in [1.807, 2.05) is 25.1 Å². The summed E-state index contributed by atoms with van der Waals surface area (Å²) in [5, 5.41) is 3.39. The molecule has 5 heteroatoms. The zero-order valence-corrected chi connectivity index (χ0v) is 13.3. The Kier molecular flexibility index (Phi) is 9.61. The lowest BCUT2D eigenvalue weighted by molar-refractivity contribution is 0.0694. The van der Waals surface area contributed by atoms with Gasteiger partial charge in [-0.15, -0.1) is 0 Å². The molecule has 0 aliphatic heterocycles. The van der Waals surface area contributed by atoms with Gasteiger partial charge in [0.05, 0.1) is 26.9 Å². The smallest absolute Gasteiger partial charge is 0.165 e. The van der Waals surface area contributed by atoms with E-state index in [4.69, 9.17) is 18.9 Å². The molecule has 0 aliphatic carbocycles. The molecule has 0 saturated carbocycles. The van der Waals surface area contributed by atoms with Crippen LogP contribution in [0.2, 0.25) is 0 Å². The highest BCUT2D eigenvalue weighted by molar-refractivity contribution is 5.46. The summed E-state index contributed by atoms with van der Waals surface area (Å²) in [6, 6.07) is 5.96. The first-order valence-corrected chi connectivity index (χ1v) is 7.39. The first-order valence-electron chi connectivity index (χ1n) is 7.39. The van der Waals surface area contributed by atoms with Gasteiger partial charge in [-0.1, -0.05) is 12.1 Å². The van der Waals surface area contributed by atoms with Crippen LogP contribution < -0.4 is 14.8 Å². The highest BCUT2D eigenvalue weighted by Crippen LogP contribution is 2.30. The summed E-state index contributed by atoms with van der Waals surface area (Å²) in [7, 11) is 3.35. The monoisotopic (exact) mass is 297 g/mol. The van der Waals surface area contributed by atoms with Gasteiger partial charge < -0.3 is 24.3 Å². The average Bonchev–Trinajstić information content (AvgIpc) is 2.50. The number of nitrogens with one attached hydrogen (secondary N) is 1. The predicted molar refractivity (Wildman–Crippen MR) is 83.2 cm³/mol. The Hall–Kier alpha value is -1.30. The average molecular weight is 297 g/mol. The standard InChI is InChI=1S/C16H27NO4/c1-4-21-15-8-5-7-14(16(15)19-3)13-17-9-6-10-20-12-11-18-2/h5,7-8,17H,4,6,9-13H2,1-3H3. The molecular formula is C16H27NO4. The van der Waals surface area contributed by atoms with Crippen molar-refractivity contribution in [3.05, 3.63) is 23.8 Å². The van der Waals surface area contributed by atoms with Crippen LogP contribution in [0.5, 0.6) is 11.5 Å². The Morgan fingerprint density at radius 2 is 1.95 bits per heavy atom. The van der Waals surface area contributed by atoms with Crippen molar-refractivity contribution in [3.8, 4) is 11.5 Å². The summed E-state index contributed by atoms with van der Waals surface area (Å²) in [4.78, 5) is 0. The summed E-state index contributed by atoms with van der Waals surface area (Å²) < 4.78 is 21.3. The first kappa shape index (κ1) is 17.8. The van der Waals surface area contributed by atoms with E-state index in [2.05, 4.69) is 5.32 Å². The first-order chi connectivity index (χ1) is 10.3. The molecule has 21 heavy (non-hydrogen) atoms. The molecule has 0 saturated heterocycles. The van der Waals surface area contributed by atoms with Crippen LogP contribution in [-0.4, -0.2) is 47.2 Å². The Balaban J connectivity index is 2.30. The lowest BCUT2D eigenvalue weighted by Crippen LogP contribution is -2.17. The molecule has 1 N–H and O–H groups in total. The molecule has 0 spiro atoms. The van der Waals surface area contributed by atoms with E-state index >= 15 is 0 Å². The number of hydrogen-bond donors (Lipinski definition) is 1. The molecule has 0 amide bonds. The quantitative estimate of drug-likeness (QED) is 0.600. The van der Waals surface area contributed by atoms with Gasteiger partial charge in [-0.25, -0.2) is 0 Å². The zero-order chi connectivity index (χ0) is 15.3. The van der Waals surface area contributed by atoms with E-state index in [-0.39, 0.29) is 0 Å². The normalized spacial score (nSPS) is 10.6. The largest absolute Gasteiger partial charge is 0.493 e. The molecule has 0 bridgehead atoms. The Labute approximate surface area is 127 Å². The predicted octanol–water partition coefficient (Wildman–Crippen LogP) is 2.24. The molecule has 120 valence electrons. The van der Waals surface area contributed by atoms with Crippen molar-refractivity contribution in [2.75, 3.05) is 47.2 Å². The van der Waals surface area contributed by atoms with Gasteiger partial charge in [0.1, 0.15) is 0 Å². The number of hydrogen-bond acceptors (Lipinski definition) is 5. The topological polar surface area (TPSA) is 49.0 Å². The van der Waals surface area contributed by atoms with Gasteiger partial charge in [0.2, 0.25) is 0 Å². The molecule has 1 aromatic carbocycles. The number of methoxy groups -OCH3 is 2. The van der Waals surface area contributed by atoms with E-state index < -0.39 is 0 Å². The number of para-hydroxylation sites is 1. The van der Waals surface area contributed by atoms with Gasteiger partial charge in [-0.3, -0.25) is 0 Å². The van der Waals surface area contributed by atoms with Crippen LogP contribution in [0.25, 0.3) is 0 Å². The fourth-order valence-electron chi connectivity index (χ4n) is 1.97. The van der Waals surface area contributed by atoms with Gasteiger partial charge in [0, 0.05) is 25.8 Å². The van der Waals surface area contributed by atoms with Crippen molar-refractivity contribution in [2.45, 2.75) is 19.9 Å². The molecule has 1 rings (SSSR count).